The Bertz CT molecular complexity index is 582. The van der Waals surface area contributed by atoms with Crippen molar-refractivity contribution in [3.05, 3.63) is 65.7 Å². The third-order valence-corrected chi connectivity index (χ3v) is 3.12. The van der Waals surface area contributed by atoms with Crippen molar-refractivity contribution in [1.82, 2.24) is 10.6 Å². The number of benzene rings is 2. The van der Waals surface area contributed by atoms with Crippen LogP contribution in [-0.2, 0) is 13.2 Å². The molecule has 2 rings (SSSR count). The summed E-state index contributed by atoms with van der Waals surface area (Å²) in [5.41, 5.74) is 2.26. The third-order valence-electron chi connectivity index (χ3n) is 3.12. The molecule has 0 unspecified atom stereocenters. The quantitative estimate of drug-likeness (QED) is 0.655. The lowest BCUT2D eigenvalue weighted by molar-refractivity contribution is 0.302. The van der Waals surface area contributed by atoms with Gasteiger partial charge >= 0.3 is 0 Å². The van der Waals surface area contributed by atoms with Crippen LogP contribution in [0.4, 0.5) is 0 Å². The van der Waals surface area contributed by atoms with Crippen LogP contribution >= 0.6 is 0 Å². The maximum atomic E-state index is 5.92. The van der Waals surface area contributed by atoms with Gasteiger partial charge in [0.05, 0.1) is 0 Å². The molecular weight excluding hydrogens is 262 g/mol. The molecule has 0 aliphatic rings. The predicted octanol–water partition coefficient (Wildman–Crippen LogP) is 2.56. The normalized spacial score (nSPS) is 11.0. The fraction of sp³-hybridized carbons (Fsp3) is 0.235. The van der Waals surface area contributed by atoms with E-state index in [0.29, 0.717) is 13.2 Å². The lowest BCUT2D eigenvalue weighted by Crippen LogP contribution is -2.34. The van der Waals surface area contributed by atoms with E-state index in [9.17, 15) is 0 Å². The molecule has 0 saturated carbocycles. The van der Waals surface area contributed by atoms with E-state index < -0.39 is 0 Å². The van der Waals surface area contributed by atoms with E-state index in [2.05, 4.69) is 33.8 Å². The summed E-state index contributed by atoms with van der Waals surface area (Å²) in [7, 11) is 3.59. The zero-order chi connectivity index (χ0) is 14.9. The van der Waals surface area contributed by atoms with E-state index in [4.69, 9.17) is 4.74 Å². The molecule has 0 aliphatic carbocycles. The van der Waals surface area contributed by atoms with Gasteiger partial charge in [0.25, 0.3) is 0 Å². The van der Waals surface area contributed by atoms with Gasteiger partial charge in [-0.15, -0.1) is 0 Å². The molecule has 0 spiro atoms. The van der Waals surface area contributed by atoms with Crippen LogP contribution in [0.5, 0.6) is 5.75 Å². The number of nitrogens with zero attached hydrogens (tertiary/aromatic N) is 1. The van der Waals surface area contributed by atoms with Gasteiger partial charge < -0.3 is 15.4 Å². The average Bonchev–Trinajstić information content (AvgIpc) is 2.56. The summed E-state index contributed by atoms with van der Waals surface area (Å²) in [6.45, 7) is 1.23. The zero-order valence-corrected chi connectivity index (χ0v) is 12.5. The van der Waals surface area contributed by atoms with Gasteiger partial charge in [0, 0.05) is 26.2 Å². The van der Waals surface area contributed by atoms with Crippen LogP contribution in [0.3, 0.4) is 0 Å². The van der Waals surface area contributed by atoms with Crippen molar-refractivity contribution in [2.24, 2.45) is 4.99 Å². The van der Waals surface area contributed by atoms with Crippen molar-refractivity contribution in [3.63, 3.8) is 0 Å². The van der Waals surface area contributed by atoms with E-state index in [-0.39, 0.29) is 0 Å². The van der Waals surface area contributed by atoms with E-state index >= 15 is 0 Å². The Kier molecular flexibility index (Phi) is 5.64. The van der Waals surface area contributed by atoms with Crippen molar-refractivity contribution in [2.45, 2.75) is 13.2 Å². The fourth-order valence-corrected chi connectivity index (χ4v) is 1.98. The van der Waals surface area contributed by atoms with E-state index in [0.717, 1.165) is 22.8 Å². The lowest BCUT2D eigenvalue weighted by Gasteiger charge is -2.13. The topological polar surface area (TPSA) is 45.7 Å². The summed E-state index contributed by atoms with van der Waals surface area (Å²) < 4.78 is 5.92. The Hall–Kier alpha value is -2.49. The van der Waals surface area contributed by atoms with Gasteiger partial charge in [-0.3, -0.25) is 4.99 Å². The molecule has 0 saturated heterocycles. The second-order valence-electron chi connectivity index (χ2n) is 4.56. The summed E-state index contributed by atoms with van der Waals surface area (Å²) in [6, 6.07) is 18.2. The SMILES string of the molecule is CN=C(NC)NCc1ccccc1OCc1ccccc1. The first kappa shape index (κ1) is 14.9. The molecular formula is C17H21N3O. The molecule has 4 heteroatoms. The molecule has 2 aromatic rings. The van der Waals surface area contributed by atoms with Gasteiger partial charge in [0.15, 0.2) is 5.96 Å². The monoisotopic (exact) mass is 283 g/mol. The highest BCUT2D eigenvalue weighted by molar-refractivity contribution is 5.79. The minimum atomic E-state index is 0.568. The van der Waals surface area contributed by atoms with Crippen LogP contribution < -0.4 is 15.4 Å². The summed E-state index contributed by atoms with van der Waals surface area (Å²) in [5.74, 6) is 1.65. The highest BCUT2D eigenvalue weighted by Gasteiger charge is 2.04. The van der Waals surface area contributed by atoms with Crippen molar-refractivity contribution in [2.75, 3.05) is 14.1 Å². The summed E-state index contributed by atoms with van der Waals surface area (Å²) >= 11 is 0. The molecule has 4 nitrogen and oxygen atoms in total. The van der Waals surface area contributed by atoms with Crippen molar-refractivity contribution < 1.29 is 4.74 Å². The minimum absolute atomic E-state index is 0.568. The fourth-order valence-electron chi connectivity index (χ4n) is 1.98. The minimum Gasteiger partial charge on any atom is -0.489 e. The van der Waals surface area contributed by atoms with Gasteiger partial charge in [0.1, 0.15) is 12.4 Å². The summed E-state index contributed by atoms with van der Waals surface area (Å²) in [4.78, 5) is 4.10. The summed E-state index contributed by atoms with van der Waals surface area (Å²) in [6.07, 6.45) is 0. The number of hydrogen-bond donors (Lipinski definition) is 2. The second-order valence-corrected chi connectivity index (χ2v) is 4.56. The highest BCUT2D eigenvalue weighted by Crippen LogP contribution is 2.19. The number of ether oxygens (including phenoxy) is 1. The van der Waals surface area contributed by atoms with Crippen molar-refractivity contribution in [3.8, 4) is 5.75 Å². The van der Waals surface area contributed by atoms with Gasteiger partial charge in [-0.1, -0.05) is 48.5 Å². The molecule has 0 heterocycles. The number of aliphatic imine (C=N–C) groups is 1. The number of guanidine groups is 1. The Labute approximate surface area is 125 Å². The predicted molar refractivity (Wildman–Crippen MR) is 86.5 cm³/mol. The van der Waals surface area contributed by atoms with E-state index in [1.54, 1.807) is 7.05 Å². The molecule has 0 radical (unpaired) electrons. The molecule has 21 heavy (non-hydrogen) atoms. The van der Waals surface area contributed by atoms with Crippen LogP contribution in [0.25, 0.3) is 0 Å². The lowest BCUT2D eigenvalue weighted by atomic mass is 10.2. The number of hydrogen-bond acceptors (Lipinski definition) is 2. The molecule has 110 valence electrons. The van der Waals surface area contributed by atoms with Gasteiger partial charge in [0.2, 0.25) is 0 Å². The third kappa shape index (κ3) is 4.53. The van der Waals surface area contributed by atoms with Gasteiger partial charge in [-0.25, -0.2) is 0 Å². The van der Waals surface area contributed by atoms with Gasteiger partial charge in [-0.2, -0.15) is 0 Å². The molecule has 0 atom stereocenters. The smallest absolute Gasteiger partial charge is 0.190 e. The zero-order valence-electron chi connectivity index (χ0n) is 12.5. The molecule has 2 aromatic carbocycles. The standard InChI is InChI=1S/C17H21N3O/c1-18-17(19-2)20-12-15-10-6-7-11-16(15)21-13-14-8-4-3-5-9-14/h3-11H,12-13H2,1-2H3,(H2,18,19,20). The molecule has 0 aromatic heterocycles. The first-order chi connectivity index (χ1) is 10.3. The molecule has 0 aliphatic heterocycles. The largest absolute Gasteiger partial charge is 0.489 e. The second kappa shape index (κ2) is 7.94. The first-order valence-corrected chi connectivity index (χ1v) is 6.96. The molecule has 2 N–H and O–H groups in total. The Morgan fingerprint density at radius 3 is 2.48 bits per heavy atom. The maximum absolute atomic E-state index is 5.92. The maximum Gasteiger partial charge on any atom is 0.190 e. The van der Waals surface area contributed by atoms with Crippen LogP contribution in [0, 0.1) is 0 Å². The van der Waals surface area contributed by atoms with E-state index in [1.807, 2.05) is 43.4 Å². The Morgan fingerprint density at radius 1 is 1.05 bits per heavy atom. The Morgan fingerprint density at radius 2 is 1.76 bits per heavy atom. The molecule has 0 bridgehead atoms. The van der Waals surface area contributed by atoms with Crippen LogP contribution in [0.1, 0.15) is 11.1 Å². The van der Waals surface area contributed by atoms with Crippen molar-refractivity contribution >= 4 is 5.96 Å². The number of nitrogens with one attached hydrogen (secondary N) is 2. The Balaban J connectivity index is 2.00. The molecule has 0 fully saturated rings. The summed E-state index contributed by atoms with van der Waals surface area (Å²) in [5, 5.41) is 6.23. The highest BCUT2D eigenvalue weighted by atomic mass is 16.5. The first-order valence-electron chi connectivity index (χ1n) is 6.96. The van der Waals surface area contributed by atoms with Crippen LogP contribution in [0.15, 0.2) is 59.6 Å². The number of para-hydroxylation sites is 1. The van der Waals surface area contributed by atoms with Gasteiger partial charge in [-0.05, 0) is 11.6 Å². The van der Waals surface area contributed by atoms with Crippen LogP contribution in [0.2, 0.25) is 0 Å². The number of rotatable bonds is 5. The van der Waals surface area contributed by atoms with Crippen molar-refractivity contribution in [1.29, 1.82) is 0 Å². The van der Waals surface area contributed by atoms with Crippen LogP contribution in [-0.4, -0.2) is 20.1 Å². The molecule has 0 amide bonds. The average molecular weight is 283 g/mol. The van der Waals surface area contributed by atoms with E-state index in [1.165, 1.54) is 0 Å².